The van der Waals surface area contributed by atoms with Crippen LogP contribution in [-0.2, 0) is 21.3 Å². The van der Waals surface area contributed by atoms with Gasteiger partial charge in [0, 0.05) is 19.7 Å². The summed E-state index contributed by atoms with van der Waals surface area (Å²) in [4.78, 5) is 0.261. The summed E-state index contributed by atoms with van der Waals surface area (Å²) in [6, 6.07) is 0. The molecule has 0 saturated carbocycles. The largest absolute Gasteiger partial charge is 0.381 e. The van der Waals surface area contributed by atoms with Crippen LogP contribution in [0.4, 0.5) is 0 Å². The number of hydrogen-bond donors (Lipinski definition) is 3. The fraction of sp³-hybridized carbons (Fsp3) is 0.750. The van der Waals surface area contributed by atoms with Crippen LogP contribution in [0.2, 0.25) is 0 Å². The van der Waals surface area contributed by atoms with Crippen LogP contribution in [-0.4, -0.2) is 44.9 Å². The zero-order chi connectivity index (χ0) is 14.6. The van der Waals surface area contributed by atoms with Crippen molar-refractivity contribution in [3.8, 4) is 0 Å². The molecule has 1 saturated heterocycles. The molecule has 2 heterocycles. The lowest BCUT2D eigenvalue weighted by molar-refractivity contribution is 0.186. The molecule has 1 fully saturated rings. The van der Waals surface area contributed by atoms with Gasteiger partial charge in [0.15, 0.2) is 0 Å². The number of nitrogens with zero attached hydrogens (tertiary/aromatic N) is 1. The van der Waals surface area contributed by atoms with Crippen molar-refractivity contribution in [3.05, 3.63) is 11.4 Å². The Labute approximate surface area is 119 Å². The number of H-pyrrole nitrogens is 1. The van der Waals surface area contributed by atoms with Gasteiger partial charge in [0.1, 0.15) is 4.90 Å². The van der Waals surface area contributed by atoms with Gasteiger partial charge in [0.2, 0.25) is 10.0 Å². The molecule has 0 aliphatic carbocycles. The molecule has 0 aromatic carbocycles. The second-order valence-corrected chi connectivity index (χ2v) is 6.69. The smallest absolute Gasteiger partial charge is 0.244 e. The van der Waals surface area contributed by atoms with Gasteiger partial charge in [-0.25, -0.2) is 13.1 Å². The molecule has 2 rings (SSSR count). The molecule has 1 aromatic heterocycles. The zero-order valence-corrected chi connectivity index (χ0v) is 12.7. The lowest BCUT2D eigenvalue weighted by atomic mass is 10.1. The van der Waals surface area contributed by atoms with Gasteiger partial charge in [-0.15, -0.1) is 0 Å². The summed E-state index contributed by atoms with van der Waals surface area (Å²) in [7, 11) is -3.54. The van der Waals surface area contributed by atoms with Crippen LogP contribution in [0.1, 0.15) is 24.7 Å². The van der Waals surface area contributed by atoms with Crippen molar-refractivity contribution >= 4 is 10.0 Å². The van der Waals surface area contributed by atoms with Crippen molar-refractivity contribution in [1.82, 2.24) is 20.2 Å². The van der Waals surface area contributed by atoms with Crippen LogP contribution >= 0.6 is 0 Å². The van der Waals surface area contributed by atoms with Crippen LogP contribution in [0.15, 0.2) is 4.90 Å². The third kappa shape index (κ3) is 3.57. The molecule has 0 spiro atoms. The van der Waals surface area contributed by atoms with Crippen molar-refractivity contribution < 1.29 is 13.2 Å². The van der Waals surface area contributed by atoms with E-state index in [4.69, 9.17) is 4.74 Å². The second-order valence-electron chi connectivity index (χ2n) is 4.99. The summed E-state index contributed by atoms with van der Waals surface area (Å²) in [6.45, 7) is 6.62. The summed E-state index contributed by atoms with van der Waals surface area (Å²) in [6.07, 6.45) is 0.900. The van der Waals surface area contributed by atoms with E-state index in [-0.39, 0.29) is 10.8 Å². The second kappa shape index (κ2) is 6.66. The average Bonchev–Trinajstić information content (AvgIpc) is 3.03. The van der Waals surface area contributed by atoms with Crippen LogP contribution < -0.4 is 10.0 Å². The lowest BCUT2D eigenvalue weighted by Gasteiger charge is -2.11. The van der Waals surface area contributed by atoms with Gasteiger partial charge in [0.05, 0.1) is 18.0 Å². The van der Waals surface area contributed by atoms with Gasteiger partial charge in [-0.2, -0.15) is 5.10 Å². The summed E-state index contributed by atoms with van der Waals surface area (Å²) in [5, 5.41) is 9.91. The number of nitrogens with one attached hydrogen (secondary N) is 3. The molecule has 0 radical (unpaired) electrons. The van der Waals surface area contributed by atoms with Gasteiger partial charge in [-0.1, -0.05) is 6.92 Å². The molecule has 0 bridgehead atoms. The highest BCUT2D eigenvalue weighted by Crippen LogP contribution is 2.18. The normalized spacial score (nSPS) is 19.6. The molecule has 3 N–H and O–H groups in total. The molecule has 114 valence electrons. The fourth-order valence-corrected chi connectivity index (χ4v) is 3.71. The molecule has 1 unspecified atom stereocenters. The number of rotatable bonds is 7. The summed E-state index contributed by atoms with van der Waals surface area (Å²) in [5.41, 5.74) is 1.09. The van der Waals surface area contributed by atoms with E-state index in [1.165, 1.54) is 0 Å². The van der Waals surface area contributed by atoms with Gasteiger partial charge in [-0.05, 0) is 25.8 Å². The number of aryl methyl sites for hydroxylation is 1. The molecule has 8 heteroatoms. The quantitative estimate of drug-likeness (QED) is 0.666. The summed E-state index contributed by atoms with van der Waals surface area (Å²) in [5.74, 6) is 0.259. The van der Waals surface area contributed by atoms with Crippen LogP contribution in [0.3, 0.4) is 0 Å². The van der Waals surface area contributed by atoms with E-state index in [0.29, 0.717) is 37.7 Å². The van der Waals surface area contributed by atoms with Crippen molar-refractivity contribution in [1.29, 1.82) is 0 Å². The van der Waals surface area contributed by atoms with E-state index in [1.807, 2.05) is 6.92 Å². The first kappa shape index (κ1) is 15.4. The Bertz CT molecular complexity index is 535. The standard InChI is InChI=1S/C12H22N4O3S/c1-3-13-7-11-12(9(2)15-16-11)20(17,18)14-6-10-4-5-19-8-10/h10,13-14H,3-8H2,1-2H3,(H,15,16). The summed E-state index contributed by atoms with van der Waals surface area (Å²) < 4.78 is 32.7. The van der Waals surface area contributed by atoms with Crippen LogP contribution in [0.5, 0.6) is 0 Å². The maximum Gasteiger partial charge on any atom is 0.244 e. The molecule has 1 aromatic rings. The predicted molar refractivity (Wildman–Crippen MR) is 74.8 cm³/mol. The molecule has 1 atom stereocenters. The van der Waals surface area contributed by atoms with E-state index in [9.17, 15) is 8.42 Å². The SMILES string of the molecule is CCNCc1n[nH]c(C)c1S(=O)(=O)NCC1CCOC1. The minimum absolute atomic E-state index is 0.259. The highest BCUT2D eigenvalue weighted by Gasteiger charge is 2.25. The van der Waals surface area contributed by atoms with Crippen molar-refractivity contribution in [2.24, 2.45) is 5.92 Å². The highest BCUT2D eigenvalue weighted by molar-refractivity contribution is 7.89. The average molecular weight is 302 g/mol. The zero-order valence-electron chi connectivity index (χ0n) is 11.9. The maximum atomic E-state index is 12.4. The Kier molecular flexibility index (Phi) is 5.14. The Morgan fingerprint density at radius 3 is 2.95 bits per heavy atom. The Morgan fingerprint density at radius 1 is 1.50 bits per heavy atom. The molecule has 1 aliphatic rings. The number of aromatic nitrogens is 2. The van der Waals surface area contributed by atoms with Crippen LogP contribution in [0, 0.1) is 12.8 Å². The first-order valence-corrected chi connectivity index (χ1v) is 8.35. The van der Waals surface area contributed by atoms with Gasteiger partial charge < -0.3 is 10.1 Å². The van der Waals surface area contributed by atoms with Crippen molar-refractivity contribution in [2.75, 3.05) is 26.3 Å². The minimum Gasteiger partial charge on any atom is -0.381 e. The number of sulfonamides is 1. The first-order chi connectivity index (χ1) is 9.54. The molecular formula is C12H22N4O3S. The number of ether oxygens (including phenoxy) is 1. The van der Waals surface area contributed by atoms with Gasteiger partial charge in [-0.3, -0.25) is 5.10 Å². The summed E-state index contributed by atoms with van der Waals surface area (Å²) >= 11 is 0. The minimum atomic E-state index is -3.54. The van der Waals surface area contributed by atoms with Crippen molar-refractivity contribution in [2.45, 2.75) is 31.7 Å². The Balaban J connectivity index is 2.09. The van der Waals surface area contributed by atoms with E-state index in [0.717, 1.165) is 13.0 Å². The highest BCUT2D eigenvalue weighted by atomic mass is 32.2. The van der Waals surface area contributed by atoms with E-state index < -0.39 is 10.0 Å². The molecular weight excluding hydrogens is 280 g/mol. The van der Waals surface area contributed by atoms with Crippen molar-refractivity contribution in [3.63, 3.8) is 0 Å². The van der Waals surface area contributed by atoms with Crippen LogP contribution in [0.25, 0.3) is 0 Å². The monoisotopic (exact) mass is 302 g/mol. The van der Waals surface area contributed by atoms with Gasteiger partial charge >= 0.3 is 0 Å². The third-order valence-corrected chi connectivity index (χ3v) is 4.98. The number of hydrogen-bond acceptors (Lipinski definition) is 5. The molecule has 7 nitrogen and oxygen atoms in total. The molecule has 0 amide bonds. The fourth-order valence-electron chi connectivity index (χ4n) is 2.23. The lowest BCUT2D eigenvalue weighted by Crippen LogP contribution is -2.31. The Morgan fingerprint density at radius 2 is 2.30 bits per heavy atom. The van der Waals surface area contributed by atoms with E-state index >= 15 is 0 Å². The molecule has 20 heavy (non-hydrogen) atoms. The predicted octanol–water partition coefficient (Wildman–Crippen LogP) is 0.142. The Hall–Kier alpha value is -0.960. The molecule has 1 aliphatic heterocycles. The van der Waals surface area contributed by atoms with E-state index in [1.54, 1.807) is 6.92 Å². The third-order valence-electron chi connectivity index (χ3n) is 3.36. The maximum absolute atomic E-state index is 12.4. The van der Waals surface area contributed by atoms with E-state index in [2.05, 4.69) is 20.2 Å². The number of aromatic amines is 1. The van der Waals surface area contributed by atoms with Gasteiger partial charge in [0.25, 0.3) is 0 Å². The topological polar surface area (TPSA) is 96.1 Å². The first-order valence-electron chi connectivity index (χ1n) is 6.86.